The molecule has 0 amide bonds. The third kappa shape index (κ3) is 2.52. The standard InChI is InChI=1S/C15H14ClNO3S/c16-11-6-7-14-13(10-11)15(18)8-9-17(14)21(19,20)12-4-2-1-3-5-12/h1-7,10,15,18H,8-9H2. The SMILES string of the molecule is O=S(=O)(c1ccccc1)N1CCC(O)c2cc(Cl)ccc21. The highest BCUT2D eigenvalue weighted by Gasteiger charge is 2.32. The van der Waals surface area contributed by atoms with Crippen LogP contribution in [0.4, 0.5) is 5.69 Å². The van der Waals surface area contributed by atoms with Gasteiger partial charge in [0.1, 0.15) is 0 Å². The Balaban J connectivity index is 2.12. The van der Waals surface area contributed by atoms with Crippen molar-refractivity contribution in [2.75, 3.05) is 10.8 Å². The van der Waals surface area contributed by atoms with Crippen LogP contribution < -0.4 is 4.31 Å². The molecule has 2 aromatic rings. The summed E-state index contributed by atoms with van der Waals surface area (Å²) in [6.45, 7) is 0.243. The summed E-state index contributed by atoms with van der Waals surface area (Å²) in [4.78, 5) is 0.238. The minimum atomic E-state index is -3.63. The molecule has 110 valence electrons. The fourth-order valence-corrected chi connectivity index (χ4v) is 4.21. The van der Waals surface area contributed by atoms with E-state index in [0.717, 1.165) is 0 Å². The highest BCUT2D eigenvalue weighted by molar-refractivity contribution is 7.92. The van der Waals surface area contributed by atoms with E-state index in [4.69, 9.17) is 11.6 Å². The number of aliphatic hydroxyl groups is 1. The van der Waals surface area contributed by atoms with E-state index in [1.54, 1.807) is 48.5 Å². The number of sulfonamides is 1. The van der Waals surface area contributed by atoms with Crippen molar-refractivity contribution >= 4 is 27.3 Å². The number of benzene rings is 2. The maximum Gasteiger partial charge on any atom is 0.264 e. The summed E-state index contributed by atoms with van der Waals surface area (Å²) in [7, 11) is -3.63. The maximum atomic E-state index is 12.8. The van der Waals surface area contributed by atoms with Gasteiger partial charge in [0.25, 0.3) is 10.0 Å². The van der Waals surface area contributed by atoms with E-state index in [2.05, 4.69) is 0 Å². The van der Waals surface area contributed by atoms with E-state index in [9.17, 15) is 13.5 Å². The van der Waals surface area contributed by atoms with Crippen LogP contribution in [0.15, 0.2) is 53.4 Å². The molecule has 1 unspecified atom stereocenters. The molecule has 21 heavy (non-hydrogen) atoms. The summed E-state index contributed by atoms with van der Waals surface area (Å²) in [5, 5.41) is 10.5. The zero-order valence-corrected chi connectivity index (χ0v) is 12.7. The van der Waals surface area contributed by atoms with Gasteiger partial charge in [-0.1, -0.05) is 29.8 Å². The van der Waals surface area contributed by atoms with Crippen molar-refractivity contribution < 1.29 is 13.5 Å². The van der Waals surface area contributed by atoms with Crippen molar-refractivity contribution in [3.63, 3.8) is 0 Å². The largest absolute Gasteiger partial charge is 0.388 e. The van der Waals surface area contributed by atoms with Crippen molar-refractivity contribution in [2.24, 2.45) is 0 Å². The Bertz CT molecular complexity index is 762. The second kappa shape index (κ2) is 5.33. The van der Waals surface area contributed by atoms with Crippen LogP contribution in [-0.4, -0.2) is 20.1 Å². The second-order valence-corrected chi connectivity index (χ2v) is 7.20. The van der Waals surface area contributed by atoms with Gasteiger partial charge in [0.2, 0.25) is 0 Å². The minimum absolute atomic E-state index is 0.238. The first-order valence-electron chi connectivity index (χ1n) is 6.55. The summed E-state index contributed by atoms with van der Waals surface area (Å²) in [5.41, 5.74) is 1.04. The molecular weight excluding hydrogens is 310 g/mol. The second-order valence-electron chi connectivity index (χ2n) is 4.90. The first-order valence-corrected chi connectivity index (χ1v) is 8.37. The van der Waals surface area contributed by atoms with Crippen LogP contribution in [0, 0.1) is 0 Å². The Hall–Kier alpha value is -1.56. The molecule has 0 saturated heterocycles. The van der Waals surface area contributed by atoms with Crippen LogP contribution in [0.3, 0.4) is 0 Å². The fourth-order valence-electron chi connectivity index (χ4n) is 2.50. The number of anilines is 1. The molecule has 6 heteroatoms. The van der Waals surface area contributed by atoms with Gasteiger partial charge in [-0.3, -0.25) is 4.31 Å². The highest BCUT2D eigenvalue weighted by atomic mass is 35.5. The Morgan fingerprint density at radius 1 is 1.14 bits per heavy atom. The van der Waals surface area contributed by atoms with Crippen LogP contribution in [0.5, 0.6) is 0 Å². The van der Waals surface area contributed by atoms with Gasteiger partial charge < -0.3 is 5.11 Å². The van der Waals surface area contributed by atoms with Crippen LogP contribution in [-0.2, 0) is 10.0 Å². The molecule has 1 N–H and O–H groups in total. The molecule has 1 atom stereocenters. The Morgan fingerprint density at radius 3 is 2.57 bits per heavy atom. The minimum Gasteiger partial charge on any atom is -0.388 e. The molecule has 1 heterocycles. The lowest BCUT2D eigenvalue weighted by Crippen LogP contribution is -2.36. The summed E-state index contributed by atoms with van der Waals surface area (Å²) >= 11 is 5.94. The summed E-state index contributed by atoms with van der Waals surface area (Å²) < 4.78 is 26.8. The van der Waals surface area contributed by atoms with E-state index >= 15 is 0 Å². The lowest BCUT2D eigenvalue weighted by Gasteiger charge is -2.33. The zero-order valence-electron chi connectivity index (χ0n) is 11.1. The van der Waals surface area contributed by atoms with Gasteiger partial charge in [0.05, 0.1) is 16.7 Å². The van der Waals surface area contributed by atoms with Crippen molar-refractivity contribution in [3.8, 4) is 0 Å². The summed E-state index contributed by atoms with van der Waals surface area (Å²) in [6, 6.07) is 13.2. The van der Waals surface area contributed by atoms with Gasteiger partial charge in [-0.15, -0.1) is 0 Å². The first kappa shape index (κ1) is 14.4. The maximum absolute atomic E-state index is 12.8. The van der Waals surface area contributed by atoms with Crippen molar-refractivity contribution in [3.05, 3.63) is 59.1 Å². The molecule has 0 saturated carbocycles. The monoisotopic (exact) mass is 323 g/mol. The third-order valence-corrected chi connectivity index (χ3v) is 5.62. The smallest absolute Gasteiger partial charge is 0.264 e. The molecule has 1 aliphatic heterocycles. The van der Waals surface area contributed by atoms with Gasteiger partial charge in [-0.2, -0.15) is 0 Å². The first-order chi connectivity index (χ1) is 10.00. The van der Waals surface area contributed by atoms with Crippen LogP contribution >= 0.6 is 11.6 Å². The average Bonchev–Trinajstić information content (AvgIpc) is 2.49. The van der Waals surface area contributed by atoms with Crippen LogP contribution in [0.25, 0.3) is 0 Å². The number of halogens is 1. The molecule has 2 aromatic carbocycles. The number of rotatable bonds is 2. The number of aliphatic hydroxyl groups excluding tert-OH is 1. The van der Waals surface area contributed by atoms with E-state index < -0.39 is 16.1 Å². The van der Waals surface area contributed by atoms with Gasteiger partial charge in [0, 0.05) is 17.1 Å². The zero-order chi connectivity index (χ0) is 15.0. The van der Waals surface area contributed by atoms with Crippen molar-refractivity contribution in [1.82, 2.24) is 0 Å². The molecule has 3 rings (SSSR count). The van der Waals surface area contributed by atoms with Gasteiger partial charge in [-0.05, 0) is 36.8 Å². The van der Waals surface area contributed by atoms with Crippen molar-refractivity contribution in [1.29, 1.82) is 0 Å². The van der Waals surface area contributed by atoms with Gasteiger partial charge in [0.15, 0.2) is 0 Å². The molecule has 0 radical (unpaired) electrons. The fraction of sp³-hybridized carbons (Fsp3) is 0.200. The lowest BCUT2D eigenvalue weighted by molar-refractivity contribution is 0.166. The molecule has 1 aliphatic rings. The average molecular weight is 324 g/mol. The van der Waals surface area contributed by atoms with E-state index in [1.165, 1.54) is 4.31 Å². The highest BCUT2D eigenvalue weighted by Crippen LogP contribution is 2.38. The molecular formula is C15H14ClNO3S. The normalized spacial score (nSPS) is 18.4. The van der Waals surface area contributed by atoms with Crippen LogP contribution in [0.2, 0.25) is 5.02 Å². The van der Waals surface area contributed by atoms with E-state index in [0.29, 0.717) is 22.7 Å². The van der Waals surface area contributed by atoms with Gasteiger partial charge in [-0.25, -0.2) is 8.42 Å². The van der Waals surface area contributed by atoms with Gasteiger partial charge >= 0.3 is 0 Å². The number of fused-ring (bicyclic) bond motifs is 1. The predicted molar refractivity (Wildman–Crippen MR) is 82.0 cm³/mol. The Kier molecular flexibility index (Phi) is 3.65. The molecule has 0 spiro atoms. The van der Waals surface area contributed by atoms with Crippen molar-refractivity contribution in [2.45, 2.75) is 17.4 Å². The lowest BCUT2D eigenvalue weighted by atomic mass is 10.0. The molecule has 4 nitrogen and oxygen atoms in total. The number of hydrogen-bond acceptors (Lipinski definition) is 3. The summed E-state index contributed by atoms with van der Waals surface area (Å²) in [6.07, 6.45) is -0.347. The molecule has 0 fully saturated rings. The predicted octanol–water partition coefficient (Wildman–Crippen LogP) is 2.97. The molecule has 0 bridgehead atoms. The molecule has 0 aromatic heterocycles. The Labute approximate surface area is 128 Å². The van der Waals surface area contributed by atoms with E-state index in [1.807, 2.05) is 0 Å². The topological polar surface area (TPSA) is 57.6 Å². The quantitative estimate of drug-likeness (QED) is 0.924. The third-order valence-electron chi connectivity index (χ3n) is 3.55. The Morgan fingerprint density at radius 2 is 1.86 bits per heavy atom. The van der Waals surface area contributed by atoms with E-state index in [-0.39, 0.29) is 11.4 Å². The van der Waals surface area contributed by atoms with Crippen LogP contribution in [0.1, 0.15) is 18.1 Å². The number of hydrogen-bond donors (Lipinski definition) is 1. The number of nitrogens with zero attached hydrogens (tertiary/aromatic N) is 1. The summed E-state index contributed by atoms with van der Waals surface area (Å²) in [5.74, 6) is 0. The molecule has 0 aliphatic carbocycles.